The summed E-state index contributed by atoms with van der Waals surface area (Å²) in [6.07, 6.45) is 13.1. The van der Waals surface area contributed by atoms with Gasteiger partial charge in [-0.25, -0.2) is 9.78 Å². The molecule has 4 aliphatic rings. The van der Waals surface area contributed by atoms with Crippen molar-refractivity contribution in [2.45, 2.75) is 139 Å². The average molecular weight is 779 g/mol. The lowest BCUT2D eigenvalue weighted by Crippen LogP contribution is -2.62. The van der Waals surface area contributed by atoms with Crippen molar-refractivity contribution in [3.63, 3.8) is 0 Å². The third kappa shape index (κ3) is 9.79. The van der Waals surface area contributed by atoms with Crippen LogP contribution in [0.2, 0.25) is 0 Å². The van der Waals surface area contributed by atoms with E-state index in [1.54, 1.807) is 32.2 Å². The second-order valence-corrected chi connectivity index (χ2v) is 17.4. The molecule has 3 N–H and O–H groups in total. The number of ether oxygens (including phenoxy) is 3. The molecule has 3 fully saturated rings. The van der Waals surface area contributed by atoms with Crippen LogP contribution in [-0.4, -0.2) is 101 Å². The molecule has 1 saturated heterocycles. The van der Waals surface area contributed by atoms with Gasteiger partial charge in [-0.05, 0) is 102 Å². The Kier molecular flexibility index (Phi) is 12.7. The lowest BCUT2D eigenvalue weighted by atomic mass is 9.88. The van der Waals surface area contributed by atoms with E-state index in [4.69, 9.17) is 19.2 Å². The van der Waals surface area contributed by atoms with E-state index in [1.165, 1.54) is 16.8 Å². The number of allylic oxidation sites excluding steroid dienone is 2. The molecule has 0 spiro atoms. The lowest BCUT2D eigenvalue weighted by molar-refractivity contribution is -0.142. The molecule has 1 aromatic carbocycles. The Balaban J connectivity index is 1.34. The number of aryl methyl sites for hydroxylation is 1. The fourth-order valence-electron chi connectivity index (χ4n) is 7.26. The van der Waals surface area contributed by atoms with Gasteiger partial charge in [0.1, 0.15) is 41.3 Å². The number of carbonyl (C=O) groups is 4. The third-order valence-corrected chi connectivity index (χ3v) is 12.5. The van der Waals surface area contributed by atoms with Crippen LogP contribution in [0, 0.1) is 6.92 Å². The van der Waals surface area contributed by atoms with Gasteiger partial charge in [0, 0.05) is 42.3 Å². The fraction of sp³-hybridized carbons (Fsp3) is 0.634. The molecule has 0 bridgehead atoms. The third-order valence-electron chi connectivity index (χ3n) is 11.3. The molecule has 3 heterocycles. The zero-order valence-corrected chi connectivity index (χ0v) is 34.0. The molecule has 5 amide bonds. The summed E-state index contributed by atoms with van der Waals surface area (Å²) < 4.78 is 21.6. The van der Waals surface area contributed by atoms with Crippen LogP contribution in [0.3, 0.4) is 0 Å². The Morgan fingerprint density at radius 2 is 1.78 bits per heavy atom. The van der Waals surface area contributed by atoms with Gasteiger partial charge < -0.3 is 34.6 Å². The van der Waals surface area contributed by atoms with E-state index in [0.29, 0.717) is 48.6 Å². The number of nitrogens with zero attached hydrogens (tertiary/aromatic N) is 3. The number of benzene rings is 1. The van der Waals surface area contributed by atoms with Crippen molar-refractivity contribution in [1.82, 2.24) is 30.1 Å². The van der Waals surface area contributed by atoms with Crippen molar-refractivity contribution in [2.24, 2.45) is 0 Å². The number of nitrogens with one attached hydrogen (secondary N) is 3. The highest BCUT2D eigenvalue weighted by Crippen LogP contribution is 2.46. The molecule has 1 aromatic heterocycles. The minimum absolute atomic E-state index is 0.00239. The van der Waals surface area contributed by atoms with E-state index in [-0.39, 0.29) is 41.7 Å². The maximum atomic E-state index is 14.7. The number of fused-ring (bicyclic) bond motifs is 2. The van der Waals surface area contributed by atoms with E-state index in [0.717, 1.165) is 62.3 Å². The van der Waals surface area contributed by atoms with Crippen LogP contribution in [-0.2, 0) is 14.4 Å². The van der Waals surface area contributed by atoms with Gasteiger partial charge in [-0.2, -0.15) is 0 Å². The largest absolute Gasteiger partial charge is 0.496 e. The van der Waals surface area contributed by atoms with Crippen molar-refractivity contribution in [2.75, 3.05) is 27.7 Å². The predicted molar refractivity (Wildman–Crippen MR) is 213 cm³/mol. The number of amides is 5. The molecule has 4 atom stereocenters. The van der Waals surface area contributed by atoms with Crippen LogP contribution < -0.4 is 29.6 Å². The summed E-state index contributed by atoms with van der Waals surface area (Å²) >= 11 is 1.42. The number of hydrogen-bond acceptors (Lipinski definition) is 9. The van der Waals surface area contributed by atoms with Gasteiger partial charge in [0.05, 0.1) is 19.2 Å². The lowest BCUT2D eigenvalue weighted by Gasteiger charge is -2.35. The molecule has 13 nitrogen and oxygen atoms in total. The van der Waals surface area contributed by atoms with Crippen molar-refractivity contribution in [3.05, 3.63) is 35.9 Å². The molecule has 2 aliphatic carbocycles. The fourth-order valence-corrected chi connectivity index (χ4v) is 8.10. The molecule has 14 heteroatoms. The molecular weight excluding hydrogens is 721 g/mol. The Labute approximate surface area is 329 Å². The van der Waals surface area contributed by atoms with Crippen molar-refractivity contribution < 1.29 is 33.4 Å². The normalized spacial score (nSPS) is 26.4. The zero-order valence-electron chi connectivity index (χ0n) is 33.2. The van der Waals surface area contributed by atoms with Crippen LogP contribution in [0.15, 0.2) is 30.4 Å². The molecule has 0 unspecified atom stereocenters. The Morgan fingerprint density at radius 1 is 1.02 bits per heavy atom. The van der Waals surface area contributed by atoms with Crippen molar-refractivity contribution in [3.8, 4) is 17.4 Å². The molecule has 2 saturated carbocycles. The topological polar surface area (TPSA) is 151 Å². The number of rotatable bonds is 10. The SMILES string of the molecule is CC[C@@]1(C(=O)NSC2(C)CC2)CC/C=C\CCCCC[C@H](NC(=O)N(C)C)C(=O)N2C[C@H](Oc3cc(OC4CC4)nc4c(C)c(OC)ccc34)C[C@H]2C(=O)N1. The highest BCUT2D eigenvalue weighted by atomic mass is 32.2. The number of aromatic nitrogens is 1. The van der Waals surface area contributed by atoms with E-state index in [1.807, 2.05) is 26.0 Å². The first-order chi connectivity index (χ1) is 26.3. The molecular formula is C41H58N6O7S. The van der Waals surface area contributed by atoms with E-state index >= 15 is 0 Å². The summed E-state index contributed by atoms with van der Waals surface area (Å²) in [6, 6.07) is 3.36. The summed E-state index contributed by atoms with van der Waals surface area (Å²) in [7, 11) is 4.88. The van der Waals surface area contributed by atoms with Crippen molar-refractivity contribution in [1.29, 1.82) is 0 Å². The second-order valence-electron chi connectivity index (χ2n) is 16.0. The van der Waals surface area contributed by atoms with Crippen LogP contribution >= 0.6 is 11.9 Å². The minimum atomic E-state index is -1.20. The quantitative estimate of drug-likeness (QED) is 0.196. The number of pyridine rings is 1. The van der Waals surface area contributed by atoms with Crippen LogP contribution in [0.1, 0.15) is 103 Å². The van der Waals surface area contributed by atoms with Crippen LogP contribution in [0.25, 0.3) is 10.9 Å². The Morgan fingerprint density at radius 3 is 2.47 bits per heavy atom. The van der Waals surface area contributed by atoms with Crippen molar-refractivity contribution >= 4 is 46.6 Å². The van der Waals surface area contributed by atoms with Gasteiger partial charge in [-0.3, -0.25) is 19.1 Å². The minimum Gasteiger partial charge on any atom is -0.496 e. The van der Waals surface area contributed by atoms with Gasteiger partial charge in [0.15, 0.2) is 0 Å². The molecule has 2 aliphatic heterocycles. The first-order valence-electron chi connectivity index (χ1n) is 19.9. The number of methoxy groups -OCH3 is 1. The standard InChI is InChI=1S/C41H58N6O7S/c1-7-41(38(50)45-55-40(3)21-22-40)20-14-12-10-8-9-11-13-15-30(42-39(51)46(4)5)37(49)47-25-28(23-31(47)36(48)44-41)53-33-24-34(54-27-16-17-27)43-35-26(2)32(52-6)19-18-29(33)35/h10,12,18-19,24,27-28,30-31H,7-9,11,13-17,20-23,25H2,1-6H3,(H,42,51)(H,44,48)(H,45,50)/b12-10-/t28-,30+,31+,41+/m1/s1. The van der Waals surface area contributed by atoms with E-state index in [9.17, 15) is 19.2 Å². The molecule has 55 heavy (non-hydrogen) atoms. The van der Waals surface area contributed by atoms with Crippen LogP contribution in [0.5, 0.6) is 17.4 Å². The summed E-state index contributed by atoms with van der Waals surface area (Å²) in [5, 5.41) is 6.85. The van der Waals surface area contributed by atoms with Gasteiger partial charge in [-0.15, -0.1) is 0 Å². The molecule has 300 valence electrons. The maximum Gasteiger partial charge on any atom is 0.317 e. The Hall–Kier alpha value is -4.20. The second kappa shape index (κ2) is 17.3. The summed E-state index contributed by atoms with van der Waals surface area (Å²) in [5.41, 5.74) is 0.325. The van der Waals surface area contributed by atoms with Gasteiger partial charge in [0.25, 0.3) is 5.91 Å². The highest BCUT2D eigenvalue weighted by Gasteiger charge is 2.48. The van der Waals surface area contributed by atoms with Gasteiger partial charge in [0.2, 0.25) is 17.7 Å². The summed E-state index contributed by atoms with van der Waals surface area (Å²) in [6.45, 7) is 6.07. The van der Waals surface area contributed by atoms with E-state index < -0.39 is 29.6 Å². The summed E-state index contributed by atoms with van der Waals surface area (Å²) in [5.74, 6) is 0.638. The first-order valence-corrected chi connectivity index (χ1v) is 20.7. The zero-order chi connectivity index (χ0) is 39.3. The molecule has 2 aromatic rings. The van der Waals surface area contributed by atoms with E-state index in [2.05, 4.69) is 34.4 Å². The highest BCUT2D eigenvalue weighted by molar-refractivity contribution is 7.99. The number of carbonyl (C=O) groups excluding carboxylic acids is 4. The monoisotopic (exact) mass is 778 g/mol. The molecule has 0 radical (unpaired) electrons. The Bertz CT molecular complexity index is 1780. The smallest absolute Gasteiger partial charge is 0.317 e. The first kappa shape index (κ1) is 40.5. The number of hydrogen-bond donors (Lipinski definition) is 3. The number of urea groups is 1. The predicted octanol–water partition coefficient (Wildman–Crippen LogP) is 5.96. The summed E-state index contributed by atoms with van der Waals surface area (Å²) in [4.78, 5) is 64.1. The average Bonchev–Trinajstić information content (AvgIpc) is 4.09. The molecule has 6 rings (SSSR count). The van der Waals surface area contributed by atoms with Crippen LogP contribution in [0.4, 0.5) is 4.79 Å². The maximum absolute atomic E-state index is 14.7. The van der Waals surface area contributed by atoms with Gasteiger partial charge in [-0.1, -0.05) is 31.9 Å². The van der Waals surface area contributed by atoms with Gasteiger partial charge >= 0.3 is 6.03 Å².